The minimum absolute atomic E-state index is 0.362. The second-order valence-electron chi connectivity index (χ2n) is 7.27. The van der Waals surface area contributed by atoms with Gasteiger partial charge in [0.05, 0.1) is 4.75 Å². The second-order valence-corrected chi connectivity index (χ2v) is 9.68. The molecule has 1 N–H and O–H groups in total. The maximum absolute atomic E-state index is 12.2. The third-order valence-electron chi connectivity index (χ3n) is 5.53. The molecule has 4 saturated carbocycles. The van der Waals surface area contributed by atoms with E-state index in [9.17, 15) is 8.42 Å². The van der Waals surface area contributed by atoms with Gasteiger partial charge in [0, 0.05) is 18.3 Å². The normalized spacial score (nSPS) is 46.9. The topological polar surface area (TPSA) is 46.2 Å². The van der Waals surface area contributed by atoms with E-state index in [4.69, 9.17) is 0 Å². The van der Waals surface area contributed by atoms with Crippen LogP contribution in [0.15, 0.2) is 0 Å². The maximum Gasteiger partial charge on any atom is 0.153 e. The summed E-state index contributed by atoms with van der Waals surface area (Å²) in [5, 5.41) is 3.70. The van der Waals surface area contributed by atoms with E-state index in [-0.39, 0.29) is 4.75 Å². The van der Waals surface area contributed by atoms with Crippen molar-refractivity contribution in [3.05, 3.63) is 0 Å². The van der Waals surface area contributed by atoms with Gasteiger partial charge in [0.1, 0.15) is 0 Å². The van der Waals surface area contributed by atoms with Crippen molar-refractivity contribution < 1.29 is 8.42 Å². The molecule has 0 aliphatic heterocycles. The third-order valence-corrected chi connectivity index (χ3v) is 7.60. The average Bonchev–Trinajstić information content (AvgIpc) is 2.20. The van der Waals surface area contributed by atoms with E-state index in [1.165, 1.54) is 19.1 Å². The fourth-order valence-electron chi connectivity index (χ4n) is 5.06. The molecule has 0 amide bonds. The van der Waals surface area contributed by atoms with E-state index in [2.05, 4.69) is 19.2 Å². The summed E-state index contributed by atoms with van der Waals surface area (Å²) in [6, 6.07) is 1.07. The summed E-state index contributed by atoms with van der Waals surface area (Å²) in [6.45, 7) is 4.38. The fraction of sp³-hybridized carbons (Fsp3) is 1.00. The highest BCUT2D eigenvalue weighted by molar-refractivity contribution is 7.92. The molecular formula is C14H25NO2S. The van der Waals surface area contributed by atoms with Gasteiger partial charge in [-0.15, -0.1) is 0 Å². The highest BCUT2D eigenvalue weighted by atomic mass is 32.2. The molecule has 4 aliphatic carbocycles. The Kier molecular flexibility index (Phi) is 2.84. The zero-order valence-electron chi connectivity index (χ0n) is 11.6. The highest BCUT2D eigenvalue weighted by Crippen LogP contribution is 2.58. The monoisotopic (exact) mass is 271 g/mol. The van der Waals surface area contributed by atoms with Crippen LogP contribution in [0.5, 0.6) is 0 Å². The summed E-state index contributed by atoms with van der Waals surface area (Å²) < 4.78 is 24.0. The van der Waals surface area contributed by atoms with Crippen LogP contribution in [0.2, 0.25) is 0 Å². The van der Waals surface area contributed by atoms with Gasteiger partial charge in [0.15, 0.2) is 9.84 Å². The molecule has 4 rings (SSSR count). The van der Waals surface area contributed by atoms with Gasteiger partial charge in [-0.25, -0.2) is 8.42 Å². The molecule has 0 aromatic heterocycles. The lowest BCUT2D eigenvalue weighted by Crippen LogP contribution is -2.63. The number of rotatable bonds is 3. The molecule has 3 unspecified atom stereocenters. The first-order chi connectivity index (χ1) is 8.31. The minimum atomic E-state index is -2.90. The Morgan fingerprint density at radius 1 is 1.11 bits per heavy atom. The Hall–Kier alpha value is -0.0900. The number of sulfone groups is 1. The van der Waals surface area contributed by atoms with Crippen LogP contribution in [0.3, 0.4) is 0 Å². The Labute approximate surface area is 111 Å². The van der Waals surface area contributed by atoms with Gasteiger partial charge in [0.2, 0.25) is 0 Å². The van der Waals surface area contributed by atoms with Gasteiger partial charge < -0.3 is 5.32 Å². The largest absolute Gasteiger partial charge is 0.311 e. The SMILES string of the molecule is CC(C)NC1[C@@H]2CC3C[C@H]1CC(S(C)(=O)=O)(C3)C2. The Morgan fingerprint density at radius 2 is 1.67 bits per heavy atom. The molecule has 0 aromatic carbocycles. The Balaban J connectivity index is 1.89. The van der Waals surface area contributed by atoms with Gasteiger partial charge >= 0.3 is 0 Å². The summed E-state index contributed by atoms with van der Waals surface area (Å²) in [7, 11) is -2.90. The van der Waals surface area contributed by atoms with Crippen LogP contribution >= 0.6 is 0 Å². The molecule has 0 saturated heterocycles. The van der Waals surface area contributed by atoms with Crippen LogP contribution in [0.4, 0.5) is 0 Å². The lowest BCUT2D eigenvalue weighted by atomic mass is 9.53. The molecule has 0 heterocycles. The van der Waals surface area contributed by atoms with Gasteiger partial charge in [-0.2, -0.15) is 0 Å². The molecule has 0 spiro atoms. The zero-order valence-corrected chi connectivity index (χ0v) is 12.5. The average molecular weight is 271 g/mol. The highest BCUT2D eigenvalue weighted by Gasteiger charge is 2.59. The second kappa shape index (κ2) is 3.95. The number of hydrogen-bond donors (Lipinski definition) is 1. The fourth-order valence-corrected chi connectivity index (χ4v) is 6.63. The van der Waals surface area contributed by atoms with Crippen LogP contribution in [0.1, 0.15) is 46.0 Å². The van der Waals surface area contributed by atoms with Crippen molar-refractivity contribution in [1.29, 1.82) is 0 Å². The summed E-state index contributed by atoms with van der Waals surface area (Å²) >= 11 is 0. The first-order valence-corrected chi connectivity index (χ1v) is 9.15. The molecule has 3 nitrogen and oxygen atoms in total. The molecule has 4 bridgehead atoms. The van der Waals surface area contributed by atoms with Crippen LogP contribution < -0.4 is 5.32 Å². The molecule has 18 heavy (non-hydrogen) atoms. The Morgan fingerprint density at radius 3 is 2.11 bits per heavy atom. The summed E-state index contributed by atoms with van der Waals surface area (Å²) in [4.78, 5) is 0. The van der Waals surface area contributed by atoms with E-state index < -0.39 is 9.84 Å². The van der Waals surface area contributed by atoms with E-state index in [0.717, 1.165) is 19.3 Å². The van der Waals surface area contributed by atoms with Crippen LogP contribution in [-0.2, 0) is 9.84 Å². The molecule has 0 aromatic rings. The van der Waals surface area contributed by atoms with Crippen molar-refractivity contribution in [1.82, 2.24) is 5.32 Å². The molecule has 104 valence electrons. The summed E-state index contributed by atoms with van der Waals surface area (Å²) in [5.74, 6) is 1.85. The minimum Gasteiger partial charge on any atom is -0.311 e. The number of hydrogen-bond acceptors (Lipinski definition) is 3. The molecule has 5 atom stereocenters. The lowest BCUT2D eigenvalue weighted by Gasteiger charge is -2.59. The first kappa shape index (κ1) is 12.9. The van der Waals surface area contributed by atoms with E-state index in [1.807, 2.05) is 0 Å². The summed E-state index contributed by atoms with van der Waals surface area (Å²) in [6.07, 6.45) is 6.71. The van der Waals surface area contributed by atoms with Gasteiger partial charge in [-0.05, 0) is 49.9 Å². The van der Waals surface area contributed by atoms with E-state index >= 15 is 0 Å². The van der Waals surface area contributed by atoms with Gasteiger partial charge in [-0.1, -0.05) is 13.8 Å². The third kappa shape index (κ3) is 1.83. The standard InChI is InChI=1S/C14H25NO2S/c1-9(2)15-13-11-4-10-5-12(13)8-14(6-10,7-11)18(3,16)17/h9-13,15H,4-8H2,1-3H3/t10?,11-,12+,13?,14?. The molecule has 4 heteroatoms. The van der Waals surface area contributed by atoms with Crippen molar-refractivity contribution >= 4 is 9.84 Å². The molecule has 4 fully saturated rings. The van der Waals surface area contributed by atoms with Gasteiger partial charge in [-0.3, -0.25) is 0 Å². The molecule has 4 aliphatic rings. The first-order valence-electron chi connectivity index (χ1n) is 7.26. The zero-order chi connectivity index (χ0) is 13.1. The van der Waals surface area contributed by atoms with E-state index in [1.54, 1.807) is 0 Å². The number of nitrogens with one attached hydrogen (secondary N) is 1. The summed E-state index contributed by atoms with van der Waals surface area (Å²) in [5.41, 5.74) is 0. The van der Waals surface area contributed by atoms with Crippen LogP contribution in [0.25, 0.3) is 0 Å². The molecular weight excluding hydrogens is 246 g/mol. The van der Waals surface area contributed by atoms with Crippen molar-refractivity contribution in [2.45, 2.75) is 62.8 Å². The Bertz CT molecular complexity index is 427. The van der Waals surface area contributed by atoms with E-state index in [0.29, 0.717) is 29.8 Å². The smallest absolute Gasteiger partial charge is 0.153 e. The maximum atomic E-state index is 12.2. The van der Waals surface area contributed by atoms with Gasteiger partial charge in [0.25, 0.3) is 0 Å². The van der Waals surface area contributed by atoms with Crippen molar-refractivity contribution in [3.63, 3.8) is 0 Å². The van der Waals surface area contributed by atoms with Crippen molar-refractivity contribution in [3.8, 4) is 0 Å². The lowest BCUT2D eigenvalue weighted by molar-refractivity contribution is -0.00374. The van der Waals surface area contributed by atoms with Crippen molar-refractivity contribution in [2.75, 3.05) is 6.26 Å². The predicted octanol–water partition coefficient (Wildman–Crippen LogP) is 1.98. The molecule has 0 radical (unpaired) electrons. The quantitative estimate of drug-likeness (QED) is 0.853. The van der Waals surface area contributed by atoms with Crippen LogP contribution in [0, 0.1) is 17.8 Å². The van der Waals surface area contributed by atoms with Crippen LogP contribution in [-0.4, -0.2) is 31.5 Å². The predicted molar refractivity (Wildman–Crippen MR) is 73.2 cm³/mol. The van der Waals surface area contributed by atoms with Crippen molar-refractivity contribution in [2.24, 2.45) is 17.8 Å².